The summed E-state index contributed by atoms with van der Waals surface area (Å²) in [5.74, 6) is 0.845. The molecule has 3 nitrogen and oxygen atoms in total. The molecule has 0 fully saturated rings. The number of aryl methyl sites for hydroxylation is 2. The van der Waals surface area contributed by atoms with Gasteiger partial charge < -0.3 is 4.74 Å². The van der Waals surface area contributed by atoms with E-state index < -0.39 is 0 Å². The maximum Gasteiger partial charge on any atom is 0.131 e. The molecule has 0 amide bonds. The van der Waals surface area contributed by atoms with Crippen molar-refractivity contribution in [2.24, 2.45) is 0 Å². The third-order valence-corrected chi connectivity index (χ3v) is 4.15. The van der Waals surface area contributed by atoms with E-state index in [9.17, 15) is 0 Å². The van der Waals surface area contributed by atoms with Gasteiger partial charge in [0.25, 0.3) is 0 Å². The first-order chi connectivity index (χ1) is 8.61. The maximum atomic E-state index is 5.79. The predicted molar refractivity (Wildman–Crippen MR) is 78.8 cm³/mol. The molecule has 1 heterocycles. The lowest BCUT2D eigenvalue weighted by atomic mass is 10.3. The Hall–Kier alpha value is -0.810. The van der Waals surface area contributed by atoms with Crippen LogP contribution in [0.15, 0.2) is 33.2 Å². The zero-order chi connectivity index (χ0) is 13.1. The van der Waals surface area contributed by atoms with Gasteiger partial charge in [0.2, 0.25) is 0 Å². The van der Waals surface area contributed by atoms with E-state index in [-0.39, 0.29) is 0 Å². The zero-order valence-corrected chi connectivity index (χ0v) is 13.5. The van der Waals surface area contributed by atoms with Crippen molar-refractivity contribution >= 4 is 31.9 Å². The summed E-state index contributed by atoms with van der Waals surface area (Å²) in [5, 5.41) is 4.44. The highest BCUT2D eigenvalue weighted by atomic mass is 79.9. The lowest BCUT2D eigenvalue weighted by molar-refractivity contribution is 0.291. The van der Waals surface area contributed by atoms with Crippen LogP contribution < -0.4 is 4.74 Å². The highest BCUT2D eigenvalue weighted by Gasteiger charge is 2.12. The highest BCUT2D eigenvalue weighted by molar-refractivity contribution is 9.10. The third-order valence-electron chi connectivity index (χ3n) is 2.62. The lowest BCUT2D eigenvalue weighted by Gasteiger charge is -2.08. The van der Waals surface area contributed by atoms with Gasteiger partial charge in [-0.15, -0.1) is 0 Å². The summed E-state index contributed by atoms with van der Waals surface area (Å²) in [6.07, 6.45) is 0. The summed E-state index contributed by atoms with van der Waals surface area (Å²) < 4.78 is 9.78. The molecule has 0 aliphatic rings. The molecule has 18 heavy (non-hydrogen) atoms. The normalized spacial score (nSPS) is 10.7. The van der Waals surface area contributed by atoms with Gasteiger partial charge in [-0.2, -0.15) is 5.10 Å². The average Bonchev–Trinajstić information content (AvgIpc) is 2.63. The fourth-order valence-corrected chi connectivity index (χ4v) is 2.49. The van der Waals surface area contributed by atoms with E-state index in [1.165, 1.54) is 0 Å². The van der Waals surface area contributed by atoms with Gasteiger partial charge in [0.15, 0.2) is 0 Å². The van der Waals surface area contributed by atoms with Crippen LogP contribution in [-0.4, -0.2) is 9.78 Å². The number of aromatic nitrogens is 2. The summed E-state index contributed by atoms with van der Waals surface area (Å²) in [5.41, 5.74) is 2.06. The Morgan fingerprint density at radius 3 is 2.78 bits per heavy atom. The number of rotatable bonds is 4. The molecular formula is C13H14Br2N2O. The summed E-state index contributed by atoms with van der Waals surface area (Å²) in [6, 6.07) is 7.83. The Kier molecular flexibility index (Phi) is 4.45. The van der Waals surface area contributed by atoms with Gasteiger partial charge in [0.05, 0.1) is 15.9 Å². The fourth-order valence-electron chi connectivity index (χ4n) is 1.72. The molecular weight excluding hydrogens is 360 g/mol. The SMILES string of the molecule is CCn1nc(C)c(Br)c1COc1cccc(Br)c1. The van der Waals surface area contributed by atoms with E-state index in [1.54, 1.807) is 0 Å². The summed E-state index contributed by atoms with van der Waals surface area (Å²) in [7, 11) is 0. The molecule has 0 unspecified atom stereocenters. The van der Waals surface area contributed by atoms with Crippen molar-refractivity contribution in [1.29, 1.82) is 0 Å². The Morgan fingerprint density at radius 2 is 2.11 bits per heavy atom. The standard InChI is InChI=1S/C13H14Br2N2O/c1-3-17-12(13(15)9(2)16-17)8-18-11-6-4-5-10(14)7-11/h4-7H,3,8H2,1-2H3. The minimum atomic E-state index is 0.506. The number of ether oxygens (including phenoxy) is 1. The van der Waals surface area contributed by atoms with Gasteiger partial charge in [-0.3, -0.25) is 4.68 Å². The molecule has 96 valence electrons. The number of nitrogens with zero attached hydrogens (tertiary/aromatic N) is 2. The summed E-state index contributed by atoms with van der Waals surface area (Å²) >= 11 is 6.99. The molecule has 0 saturated heterocycles. The molecule has 5 heteroatoms. The molecule has 1 aromatic carbocycles. The first kappa shape index (κ1) is 13.6. The lowest BCUT2D eigenvalue weighted by Crippen LogP contribution is -2.06. The maximum absolute atomic E-state index is 5.79. The van der Waals surface area contributed by atoms with E-state index in [0.717, 1.165) is 32.6 Å². The minimum Gasteiger partial charge on any atom is -0.487 e. The van der Waals surface area contributed by atoms with Crippen LogP contribution in [0.2, 0.25) is 0 Å². The van der Waals surface area contributed by atoms with E-state index >= 15 is 0 Å². The van der Waals surface area contributed by atoms with Crippen LogP contribution >= 0.6 is 31.9 Å². The van der Waals surface area contributed by atoms with Crippen LogP contribution in [0.3, 0.4) is 0 Å². The number of hydrogen-bond donors (Lipinski definition) is 0. The molecule has 2 aromatic rings. The molecule has 0 saturated carbocycles. The first-order valence-corrected chi connectivity index (χ1v) is 7.30. The van der Waals surface area contributed by atoms with Crippen molar-refractivity contribution in [3.63, 3.8) is 0 Å². The second-order valence-electron chi connectivity index (χ2n) is 3.91. The van der Waals surface area contributed by atoms with Gasteiger partial charge in [-0.25, -0.2) is 0 Å². The topological polar surface area (TPSA) is 27.1 Å². The molecule has 0 bridgehead atoms. The van der Waals surface area contributed by atoms with Crippen molar-refractivity contribution < 1.29 is 4.74 Å². The van der Waals surface area contributed by atoms with Crippen LogP contribution in [-0.2, 0) is 13.2 Å². The quantitative estimate of drug-likeness (QED) is 0.798. The molecule has 0 atom stereocenters. The average molecular weight is 374 g/mol. The van der Waals surface area contributed by atoms with Gasteiger partial charge in [-0.1, -0.05) is 22.0 Å². The smallest absolute Gasteiger partial charge is 0.131 e. The van der Waals surface area contributed by atoms with E-state index in [2.05, 4.69) is 43.9 Å². The van der Waals surface area contributed by atoms with Gasteiger partial charge in [0.1, 0.15) is 12.4 Å². The molecule has 0 spiro atoms. The van der Waals surface area contributed by atoms with Crippen molar-refractivity contribution in [2.45, 2.75) is 27.0 Å². The summed E-state index contributed by atoms with van der Waals surface area (Å²) in [4.78, 5) is 0. The number of benzene rings is 1. The molecule has 0 N–H and O–H groups in total. The van der Waals surface area contributed by atoms with Crippen LogP contribution in [0.4, 0.5) is 0 Å². The third kappa shape index (κ3) is 2.95. The van der Waals surface area contributed by atoms with E-state index in [0.29, 0.717) is 6.61 Å². The molecule has 2 rings (SSSR count). The Labute approximate surface area is 123 Å². The molecule has 0 radical (unpaired) electrons. The number of halogens is 2. The zero-order valence-electron chi connectivity index (χ0n) is 10.3. The highest BCUT2D eigenvalue weighted by Crippen LogP contribution is 2.24. The number of hydrogen-bond acceptors (Lipinski definition) is 2. The van der Waals surface area contributed by atoms with E-state index in [1.807, 2.05) is 35.9 Å². The molecule has 0 aliphatic heterocycles. The van der Waals surface area contributed by atoms with Crippen molar-refractivity contribution in [1.82, 2.24) is 9.78 Å². The Balaban J connectivity index is 2.15. The van der Waals surface area contributed by atoms with Gasteiger partial charge in [-0.05, 0) is 48.0 Å². The molecule has 0 aliphatic carbocycles. The first-order valence-electron chi connectivity index (χ1n) is 5.72. The predicted octanol–water partition coefficient (Wildman–Crippen LogP) is 4.32. The van der Waals surface area contributed by atoms with Crippen LogP contribution in [0, 0.1) is 6.92 Å². The largest absolute Gasteiger partial charge is 0.487 e. The van der Waals surface area contributed by atoms with Crippen molar-refractivity contribution in [3.8, 4) is 5.75 Å². The van der Waals surface area contributed by atoms with E-state index in [4.69, 9.17) is 4.74 Å². The second kappa shape index (κ2) is 5.89. The molecule has 1 aromatic heterocycles. The van der Waals surface area contributed by atoms with Crippen molar-refractivity contribution in [2.75, 3.05) is 0 Å². The summed E-state index contributed by atoms with van der Waals surface area (Å²) in [6.45, 7) is 5.40. The second-order valence-corrected chi connectivity index (χ2v) is 5.62. The Bertz CT molecular complexity index is 552. The Morgan fingerprint density at radius 1 is 1.33 bits per heavy atom. The van der Waals surface area contributed by atoms with Crippen LogP contribution in [0.5, 0.6) is 5.75 Å². The van der Waals surface area contributed by atoms with Crippen LogP contribution in [0.25, 0.3) is 0 Å². The minimum absolute atomic E-state index is 0.506. The monoisotopic (exact) mass is 372 g/mol. The van der Waals surface area contributed by atoms with Crippen LogP contribution in [0.1, 0.15) is 18.3 Å². The van der Waals surface area contributed by atoms with Gasteiger partial charge >= 0.3 is 0 Å². The fraction of sp³-hybridized carbons (Fsp3) is 0.308. The van der Waals surface area contributed by atoms with Crippen molar-refractivity contribution in [3.05, 3.63) is 44.6 Å². The van der Waals surface area contributed by atoms with Gasteiger partial charge in [0, 0.05) is 11.0 Å².